The molecular weight excluding hydrogens is 212 g/mol. The van der Waals surface area contributed by atoms with Crippen LogP contribution in [0.25, 0.3) is 0 Å². The number of carboxylic acids is 1. The van der Waals surface area contributed by atoms with Gasteiger partial charge in [0.15, 0.2) is 0 Å². The van der Waals surface area contributed by atoms with Crippen molar-refractivity contribution >= 4 is 24.0 Å². The third kappa shape index (κ3) is 8.48. The van der Waals surface area contributed by atoms with Gasteiger partial charge in [0.05, 0.1) is 0 Å². The Balaban J connectivity index is 3.72. The van der Waals surface area contributed by atoms with Crippen LogP contribution in [-0.2, 0) is 9.59 Å². The van der Waals surface area contributed by atoms with Crippen LogP contribution in [0.3, 0.4) is 0 Å². The summed E-state index contributed by atoms with van der Waals surface area (Å²) in [6, 6.07) is 0. The number of carbonyl (C=O) groups is 2. The topological polar surface area (TPSA) is 54.4 Å². The lowest BCUT2D eigenvalue weighted by Crippen LogP contribution is -2.17. The van der Waals surface area contributed by atoms with Gasteiger partial charge in [0.25, 0.3) is 0 Å². The number of thioether (sulfide) groups is 1. The van der Waals surface area contributed by atoms with Gasteiger partial charge in [-0.05, 0) is 24.0 Å². The highest BCUT2D eigenvalue weighted by molar-refractivity contribution is 8.00. The van der Waals surface area contributed by atoms with Crippen molar-refractivity contribution in [3.05, 3.63) is 0 Å². The van der Waals surface area contributed by atoms with Crippen LogP contribution in [-0.4, -0.2) is 28.4 Å². The van der Waals surface area contributed by atoms with E-state index in [1.165, 1.54) is 11.8 Å². The van der Waals surface area contributed by atoms with E-state index < -0.39 is 11.2 Å². The first kappa shape index (κ1) is 14.5. The Morgan fingerprint density at radius 1 is 1.47 bits per heavy atom. The minimum Gasteiger partial charge on any atom is -0.480 e. The van der Waals surface area contributed by atoms with Crippen molar-refractivity contribution < 1.29 is 14.7 Å². The maximum absolute atomic E-state index is 10.7. The summed E-state index contributed by atoms with van der Waals surface area (Å²) in [5.41, 5.74) is 0.296. The van der Waals surface area contributed by atoms with Crippen LogP contribution < -0.4 is 0 Å². The minimum absolute atomic E-state index is 0.107. The lowest BCUT2D eigenvalue weighted by atomic mass is 9.91. The third-order valence-corrected chi connectivity index (χ3v) is 3.30. The second kappa shape index (κ2) is 6.88. The molecule has 1 atom stereocenters. The molecule has 4 heteroatoms. The Kier molecular flexibility index (Phi) is 6.65. The maximum atomic E-state index is 10.7. The maximum Gasteiger partial charge on any atom is 0.317 e. The van der Waals surface area contributed by atoms with E-state index in [4.69, 9.17) is 5.11 Å². The van der Waals surface area contributed by atoms with E-state index in [-0.39, 0.29) is 6.42 Å². The first-order valence-electron chi connectivity index (χ1n) is 5.15. The monoisotopic (exact) mass is 232 g/mol. The molecule has 0 saturated heterocycles. The molecular formula is C11H20O3S. The Morgan fingerprint density at radius 2 is 2.07 bits per heavy atom. The average molecular weight is 232 g/mol. The fourth-order valence-corrected chi connectivity index (χ4v) is 2.11. The highest BCUT2D eigenvalue weighted by Gasteiger charge is 2.17. The Morgan fingerprint density at radius 3 is 2.47 bits per heavy atom. The molecule has 1 unspecified atom stereocenters. The van der Waals surface area contributed by atoms with Gasteiger partial charge in [-0.3, -0.25) is 4.79 Å². The molecule has 0 spiro atoms. The number of aldehydes is 1. The average Bonchev–Trinajstić information content (AvgIpc) is 2.08. The summed E-state index contributed by atoms with van der Waals surface area (Å²) in [6.45, 7) is 6.49. The lowest BCUT2D eigenvalue weighted by molar-refractivity contribution is -0.137. The summed E-state index contributed by atoms with van der Waals surface area (Å²) in [4.78, 5) is 20.9. The highest BCUT2D eigenvalue weighted by atomic mass is 32.2. The van der Waals surface area contributed by atoms with Crippen molar-refractivity contribution in [3.63, 3.8) is 0 Å². The minimum atomic E-state index is -0.886. The highest BCUT2D eigenvalue weighted by Crippen LogP contribution is 2.23. The summed E-state index contributed by atoms with van der Waals surface area (Å²) in [7, 11) is 0. The fourth-order valence-electron chi connectivity index (χ4n) is 1.16. The van der Waals surface area contributed by atoms with Crippen LogP contribution in [0, 0.1) is 5.41 Å². The van der Waals surface area contributed by atoms with E-state index in [2.05, 4.69) is 20.8 Å². The molecule has 0 aliphatic rings. The predicted octanol–water partition coefficient (Wildman–Crippen LogP) is 2.59. The van der Waals surface area contributed by atoms with Gasteiger partial charge in [-0.25, -0.2) is 0 Å². The Labute approximate surface area is 95.6 Å². The van der Waals surface area contributed by atoms with Gasteiger partial charge < -0.3 is 9.90 Å². The van der Waals surface area contributed by atoms with E-state index >= 15 is 0 Å². The molecule has 0 bridgehead atoms. The molecule has 0 heterocycles. The fraction of sp³-hybridized carbons (Fsp3) is 0.818. The van der Waals surface area contributed by atoms with Crippen LogP contribution in [0.4, 0.5) is 0 Å². The van der Waals surface area contributed by atoms with Crippen LogP contribution >= 0.6 is 11.8 Å². The van der Waals surface area contributed by atoms with Crippen LogP contribution in [0.2, 0.25) is 0 Å². The van der Waals surface area contributed by atoms with Crippen LogP contribution in [0.5, 0.6) is 0 Å². The molecule has 15 heavy (non-hydrogen) atoms. The van der Waals surface area contributed by atoms with Crippen molar-refractivity contribution in [2.24, 2.45) is 5.41 Å². The standard InChI is InChI=1S/C11H20O3S/c1-11(2,3)6-4-8-15-9(5-7-12)10(13)14/h7,9H,4-6,8H2,1-3H3,(H,13,14). The number of hydrogen-bond acceptors (Lipinski definition) is 3. The van der Waals surface area contributed by atoms with Crippen molar-refractivity contribution in [1.82, 2.24) is 0 Å². The molecule has 0 aromatic carbocycles. The van der Waals surface area contributed by atoms with E-state index in [0.29, 0.717) is 11.7 Å². The largest absolute Gasteiger partial charge is 0.480 e. The smallest absolute Gasteiger partial charge is 0.317 e. The summed E-state index contributed by atoms with van der Waals surface area (Å²) in [6.07, 6.45) is 2.86. The quantitative estimate of drug-likeness (QED) is 0.541. The molecule has 0 radical (unpaired) electrons. The van der Waals surface area contributed by atoms with E-state index in [0.717, 1.165) is 18.6 Å². The summed E-state index contributed by atoms with van der Waals surface area (Å²) in [5, 5.41) is 8.22. The number of aliphatic carboxylic acids is 1. The van der Waals surface area contributed by atoms with Gasteiger partial charge in [0.1, 0.15) is 11.5 Å². The number of rotatable bonds is 7. The molecule has 0 saturated carbocycles. The van der Waals surface area contributed by atoms with E-state index in [9.17, 15) is 9.59 Å². The third-order valence-electron chi connectivity index (χ3n) is 1.98. The molecule has 0 aromatic heterocycles. The zero-order valence-corrected chi connectivity index (χ0v) is 10.5. The van der Waals surface area contributed by atoms with Crippen molar-refractivity contribution in [1.29, 1.82) is 0 Å². The van der Waals surface area contributed by atoms with E-state index in [1.54, 1.807) is 0 Å². The van der Waals surface area contributed by atoms with Gasteiger partial charge >= 0.3 is 5.97 Å². The summed E-state index contributed by atoms with van der Waals surface area (Å²) >= 11 is 1.36. The zero-order chi connectivity index (χ0) is 11.9. The van der Waals surface area contributed by atoms with Crippen molar-refractivity contribution in [2.45, 2.75) is 45.3 Å². The summed E-state index contributed by atoms with van der Waals surface area (Å²) < 4.78 is 0. The van der Waals surface area contributed by atoms with Gasteiger partial charge in [-0.15, -0.1) is 11.8 Å². The van der Waals surface area contributed by atoms with E-state index in [1.807, 2.05) is 0 Å². The van der Waals surface area contributed by atoms with Gasteiger partial charge in [0.2, 0.25) is 0 Å². The molecule has 0 aromatic rings. The molecule has 0 fully saturated rings. The second-order valence-electron chi connectivity index (χ2n) is 4.76. The normalized spacial score (nSPS) is 13.5. The molecule has 88 valence electrons. The predicted molar refractivity (Wildman–Crippen MR) is 63.3 cm³/mol. The zero-order valence-electron chi connectivity index (χ0n) is 9.66. The second-order valence-corrected chi connectivity index (χ2v) is 6.07. The van der Waals surface area contributed by atoms with Crippen molar-refractivity contribution in [2.75, 3.05) is 5.75 Å². The molecule has 0 aliphatic heterocycles. The molecule has 3 nitrogen and oxygen atoms in total. The first-order chi connectivity index (χ1) is 6.87. The first-order valence-corrected chi connectivity index (χ1v) is 6.20. The molecule has 0 aliphatic carbocycles. The Bertz CT molecular complexity index is 208. The molecule has 0 amide bonds. The lowest BCUT2D eigenvalue weighted by Gasteiger charge is -2.18. The molecule has 0 rings (SSSR count). The number of carbonyl (C=O) groups excluding carboxylic acids is 1. The van der Waals surface area contributed by atoms with Crippen LogP contribution in [0.15, 0.2) is 0 Å². The SMILES string of the molecule is CC(C)(C)CCCSC(CC=O)C(=O)O. The van der Waals surface area contributed by atoms with Gasteiger partial charge in [-0.2, -0.15) is 0 Å². The van der Waals surface area contributed by atoms with Crippen LogP contribution in [0.1, 0.15) is 40.0 Å². The number of hydrogen-bond donors (Lipinski definition) is 1. The van der Waals surface area contributed by atoms with Crippen molar-refractivity contribution in [3.8, 4) is 0 Å². The molecule has 1 N–H and O–H groups in total. The summed E-state index contributed by atoms with van der Waals surface area (Å²) in [5.74, 6) is -0.0786. The number of carboxylic acid groups (broad SMARTS) is 1. The Hall–Kier alpha value is -0.510. The van der Waals surface area contributed by atoms with Gasteiger partial charge in [0, 0.05) is 6.42 Å². The van der Waals surface area contributed by atoms with Gasteiger partial charge in [-0.1, -0.05) is 20.8 Å².